The van der Waals surface area contributed by atoms with Crippen molar-refractivity contribution in [1.82, 2.24) is 0 Å². The van der Waals surface area contributed by atoms with Gasteiger partial charge >= 0.3 is 15.2 Å². The van der Waals surface area contributed by atoms with Gasteiger partial charge in [-0.25, -0.2) is 0 Å². The van der Waals surface area contributed by atoms with E-state index in [1.54, 1.807) is 39.8 Å². The summed E-state index contributed by atoms with van der Waals surface area (Å²) in [5.74, 6) is 0.364. The van der Waals surface area contributed by atoms with Gasteiger partial charge in [0.2, 0.25) is 0 Å². The number of hydrogen-bond acceptors (Lipinski definition) is 7. The monoisotopic (exact) mass is 430 g/mol. The van der Waals surface area contributed by atoms with Gasteiger partial charge in [0.15, 0.2) is 0 Å². The van der Waals surface area contributed by atoms with E-state index >= 15 is 0 Å². The molecule has 0 N–H and O–H groups in total. The molecule has 2 aromatic rings. The topological polar surface area (TPSA) is 80.3 Å². The fourth-order valence-electron chi connectivity index (χ4n) is 2.71. The molecule has 2 rings (SSSR count). The summed E-state index contributed by atoms with van der Waals surface area (Å²) in [7, 11) is -7.94. The van der Waals surface area contributed by atoms with Gasteiger partial charge in [0, 0.05) is 0 Å². The Morgan fingerprint density at radius 2 is 1.18 bits per heavy atom. The summed E-state index contributed by atoms with van der Waals surface area (Å²) >= 11 is 0. The fraction of sp³-hybridized carbons (Fsp3) is 0.474. The van der Waals surface area contributed by atoms with E-state index in [9.17, 15) is 9.13 Å². The lowest BCUT2D eigenvalue weighted by Gasteiger charge is -2.31. The van der Waals surface area contributed by atoms with Crippen LogP contribution >= 0.6 is 15.2 Å². The third-order valence-electron chi connectivity index (χ3n) is 3.74. The van der Waals surface area contributed by atoms with Gasteiger partial charge in [0.05, 0.1) is 26.4 Å². The molecule has 0 saturated carbocycles. The number of benzene rings is 2. The zero-order valence-electron chi connectivity index (χ0n) is 16.7. The number of rotatable bonds is 12. The summed E-state index contributed by atoms with van der Waals surface area (Å²) in [6.07, 6.45) is 0. The van der Waals surface area contributed by atoms with E-state index in [0.717, 1.165) is 10.8 Å². The van der Waals surface area contributed by atoms with Crippen LogP contribution in [0.5, 0.6) is 5.75 Å². The lowest BCUT2D eigenvalue weighted by Crippen LogP contribution is -2.23. The minimum absolute atomic E-state index is 0.0904. The van der Waals surface area contributed by atoms with Gasteiger partial charge in [-0.15, -0.1) is 0 Å². The molecule has 9 heteroatoms. The van der Waals surface area contributed by atoms with E-state index in [0.29, 0.717) is 5.75 Å². The third kappa shape index (κ3) is 5.44. The van der Waals surface area contributed by atoms with Crippen LogP contribution in [0.15, 0.2) is 42.5 Å². The van der Waals surface area contributed by atoms with Crippen LogP contribution in [0.2, 0.25) is 0 Å². The standard InChI is InChI=1S/C19H28O7P2/c1-5-22-27(20,23-6-2)19(28(21,24-7-3)25-8-4)26-18-14-13-16-11-9-10-12-17(16)15-18/h9-15,19H,5-8H2,1-4H3. The predicted molar refractivity (Wildman–Crippen MR) is 110 cm³/mol. The van der Waals surface area contributed by atoms with Crippen molar-refractivity contribution in [1.29, 1.82) is 0 Å². The Balaban J connectivity index is 2.51. The lowest BCUT2D eigenvalue weighted by molar-refractivity contribution is 0.150. The highest BCUT2D eigenvalue weighted by atomic mass is 31.2. The average Bonchev–Trinajstić information content (AvgIpc) is 2.66. The quantitative estimate of drug-likeness (QED) is 0.380. The van der Waals surface area contributed by atoms with Crippen molar-refractivity contribution in [2.24, 2.45) is 0 Å². The van der Waals surface area contributed by atoms with Crippen LogP contribution < -0.4 is 4.74 Å². The maximum Gasteiger partial charge on any atom is 0.383 e. The molecule has 0 aliphatic heterocycles. The van der Waals surface area contributed by atoms with E-state index in [1.807, 2.05) is 30.3 Å². The molecule has 7 nitrogen and oxygen atoms in total. The second-order valence-electron chi connectivity index (χ2n) is 5.70. The highest BCUT2D eigenvalue weighted by Gasteiger charge is 2.53. The third-order valence-corrected chi connectivity index (χ3v) is 9.20. The Bertz CT molecular complexity index is 805. The Kier molecular flexibility index (Phi) is 8.69. The first-order chi connectivity index (χ1) is 13.4. The van der Waals surface area contributed by atoms with E-state index < -0.39 is 20.8 Å². The minimum Gasteiger partial charge on any atom is -0.465 e. The van der Waals surface area contributed by atoms with E-state index in [1.165, 1.54) is 0 Å². The van der Waals surface area contributed by atoms with Crippen molar-refractivity contribution >= 4 is 26.0 Å². The van der Waals surface area contributed by atoms with Crippen LogP contribution in [0.3, 0.4) is 0 Å². The van der Waals surface area contributed by atoms with Crippen molar-refractivity contribution < 1.29 is 32.0 Å². The summed E-state index contributed by atoms with van der Waals surface area (Å²) < 4.78 is 54.5. The number of hydrogen-bond donors (Lipinski definition) is 0. The van der Waals surface area contributed by atoms with Crippen LogP contribution in [0, 0.1) is 0 Å². The molecule has 28 heavy (non-hydrogen) atoms. The second-order valence-corrected chi connectivity index (χ2v) is 10.2. The molecule has 0 heterocycles. The zero-order chi connectivity index (χ0) is 20.6. The van der Waals surface area contributed by atoms with Crippen molar-refractivity contribution in [3.05, 3.63) is 42.5 Å². The average molecular weight is 430 g/mol. The Hall–Kier alpha value is -1.20. The first kappa shape index (κ1) is 23.1. The molecule has 0 radical (unpaired) electrons. The molecule has 0 spiro atoms. The molecule has 0 atom stereocenters. The van der Waals surface area contributed by atoms with Gasteiger partial charge < -0.3 is 22.8 Å². The highest BCUT2D eigenvalue weighted by Crippen LogP contribution is 2.70. The van der Waals surface area contributed by atoms with E-state index in [4.69, 9.17) is 22.8 Å². The highest BCUT2D eigenvalue weighted by molar-refractivity contribution is 7.72. The molecular formula is C19H28O7P2. The molecule has 0 aromatic heterocycles. The summed E-state index contributed by atoms with van der Waals surface area (Å²) in [6, 6.07) is 13.1. The van der Waals surface area contributed by atoms with Crippen LogP contribution in [0.25, 0.3) is 10.8 Å². The van der Waals surface area contributed by atoms with Crippen LogP contribution in [0.4, 0.5) is 0 Å². The largest absolute Gasteiger partial charge is 0.465 e. The molecule has 0 aliphatic carbocycles. The first-order valence-corrected chi connectivity index (χ1v) is 12.6. The van der Waals surface area contributed by atoms with Crippen LogP contribution in [-0.2, 0) is 27.2 Å². The van der Waals surface area contributed by atoms with Crippen molar-refractivity contribution in [3.8, 4) is 5.75 Å². The van der Waals surface area contributed by atoms with Crippen LogP contribution in [-0.4, -0.2) is 32.0 Å². The van der Waals surface area contributed by atoms with Crippen molar-refractivity contribution in [2.75, 3.05) is 26.4 Å². The van der Waals surface area contributed by atoms with Gasteiger partial charge in [0.25, 0.3) is 5.59 Å². The summed E-state index contributed by atoms with van der Waals surface area (Å²) in [5.41, 5.74) is -1.54. The maximum absolute atomic E-state index is 13.5. The Labute approximate surface area is 166 Å². The molecule has 0 amide bonds. The van der Waals surface area contributed by atoms with E-state index in [-0.39, 0.29) is 26.4 Å². The smallest absolute Gasteiger partial charge is 0.383 e. The molecule has 0 bridgehead atoms. The first-order valence-electron chi connectivity index (χ1n) is 9.35. The van der Waals surface area contributed by atoms with Crippen molar-refractivity contribution in [3.63, 3.8) is 0 Å². The predicted octanol–water partition coefficient (Wildman–Crippen LogP) is 6.03. The van der Waals surface area contributed by atoms with Gasteiger partial charge in [-0.3, -0.25) is 9.13 Å². The van der Waals surface area contributed by atoms with E-state index in [2.05, 4.69) is 0 Å². The van der Waals surface area contributed by atoms with Crippen molar-refractivity contribution in [2.45, 2.75) is 33.3 Å². The lowest BCUT2D eigenvalue weighted by atomic mass is 10.1. The molecule has 2 aromatic carbocycles. The fourth-order valence-corrected chi connectivity index (χ4v) is 7.50. The molecule has 0 aliphatic rings. The zero-order valence-corrected chi connectivity index (χ0v) is 18.5. The number of fused-ring (bicyclic) bond motifs is 1. The van der Waals surface area contributed by atoms with Gasteiger partial charge in [-0.2, -0.15) is 0 Å². The van der Waals surface area contributed by atoms with Gasteiger partial charge in [-0.05, 0) is 50.6 Å². The normalized spacial score (nSPS) is 12.6. The second kappa shape index (κ2) is 10.5. The van der Waals surface area contributed by atoms with Gasteiger partial charge in [-0.1, -0.05) is 30.3 Å². The molecule has 0 fully saturated rings. The number of ether oxygens (including phenoxy) is 1. The minimum atomic E-state index is -3.97. The SMILES string of the molecule is CCOP(=O)(OCC)C(Oc1ccc2ccccc2c1)P(=O)(OCC)OCC. The summed E-state index contributed by atoms with van der Waals surface area (Å²) in [6.45, 7) is 7.05. The maximum atomic E-state index is 13.5. The summed E-state index contributed by atoms with van der Waals surface area (Å²) in [5, 5.41) is 1.94. The molecule has 156 valence electrons. The van der Waals surface area contributed by atoms with Crippen LogP contribution in [0.1, 0.15) is 27.7 Å². The summed E-state index contributed by atoms with van der Waals surface area (Å²) in [4.78, 5) is 0. The van der Waals surface area contributed by atoms with Gasteiger partial charge in [0.1, 0.15) is 5.75 Å². The molecule has 0 saturated heterocycles. The molecule has 0 unspecified atom stereocenters. The Morgan fingerprint density at radius 1 is 0.714 bits per heavy atom. The Morgan fingerprint density at radius 3 is 1.64 bits per heavy atom. The molecular weight excluding hydrogens is 402 g/mol.